The summed E-state index contributed by atoms with van der Waals surface area (Å²) in [7, 11) is 5.66. The third-order valence-electron chi connectivity index (χ3n) is 9.29. The van der Waals surface area contributed by atoms with Gasteiger partial charge in [-0.05, 0) is 55.0 Å². The zero-order chi connectivity index (χ0) is 33.7. The van der Waals surface area contributed by atoms with E-state index in [1.54, 1.807) is 35.1 Å². The van der Waals surface area contributed by atoms with Crippen LogP contribution in [0, 0.1) is 18.3 Å². The lowest BCUT2D eigenvalue weighted by Crippen LogP contribution is -2.09. The second kappa shape index (κ2) is 13.0. The number of fused-ring (bicyclic) bond motifs is 8. The van der Waals surface area contributed by atoms with Gasteiger partial charge in [0.2, 0.25) is 0 Å². The topological polar surface area (TPSA) is 98.0 Å². The number of aromatic nitrogens is 4. The number of rotatable bonds is 1. The van der Waals surface area contributed by atoms with Crippen molar-refractivity contribution in [3.63, 3.8) is 0 Å². The molecule has 0 fully saturated rings. The molecular formula is C37H34ClN5O3S2. The highest BCUT2D eigenvalue weighted by atomic mass is 35.5. The fraction of sp³-hybridized carbons (Fsp3) is 0.270. The van der Waals surface area contributed by atoms with Gasteiger partial charge in [0.1, 0.15) is 23.2 Å². The second-order valence-electron chi connectivity index (χ2n) is 12.1. The summed E-state index contributed by atoms with van der Waals surface area (Å²) in [5.74, 6) is 1.80. The van der Waals surface area contributed by atoms with Crippen molar-refractivity contribution >= 4 is 62.8 Å². The minimum Gasteiger partial charge on any atom is -0.493 e. The summed E-state index contributed by atoms with van der Waals surface area (Å²) in [5, 5.41) is 29.1. The Labute approximate surface area is 292 Å². The van der Waals surface area contributed by atoms with Crippen molar-refractivity contribution in [3.05, 3.63) is 99.2 Å². The van der Waals surface area contributed by atoms with E-state index in [0.717, 1.165) is 77.4 Å². The number of ether oxygens (including phenoxy) is 1. The normalized spacial score (nSPS) is 14.0. The van der Waals surface area contributed by atoms with Crippen LogP contribution >= 0.6 is 35.1 Å². The van der Waals surface area contributed by atoms with Crippen LogP contribution in [0.15, 0.2) is 59.5 Å². The Morgan fingerprint density at radius 1 is 1.00 bits per heavy atom. The highest BCUT2D eigenvalue weighted by Crippen LogP contribution is 2.44. The Hall–Kier alpha value is -4.30. The number of nitriles is 1. The van der Waals surface area contributed by atoms with Gasteiger partial charge in [0.25, 0.3) is 0 Å². The van der Waals surface area contributed by atoms with Crippen molar-refractivity contribution in [2.75, 3.05) is 6.61 Å². The van der Waals surface area contributed by atoms with Crippen LogP contribution in [-0.2, 0) is 44.8 Å². The van der Waals surface area contributed by atoms with Crippen LogP contribution in [0.25, 0.3) is 32.8 Å². The Balaban J connectivity index is 1.39. The van der Waals surface area contributed by atoms with E-state index in [-0.39, 0.29) is 5.69 Å². The van der Waals surface area contributed by atoms with Crippen LogP contribution in [0.4, 0.5) is 0 Å². The van der Waals surface area contributed by atoms with E-state index in [2.05, 4.69) is 36.4 Å². The second-order valence-corrected chi connectivity index (χ2v) is 14.5. The fourth-order valence-electron chi connectivity index (χ4n) is 6.93. The van der Waals surface area contributed by atoms with Gasteiger partial charge in [0.05, 0.1) is 22.8 Å². The van der Waals surface area contributed by atoms with E-state index in [1.165, 1.54) is 0 Å². The van der Waals surface area contributed by atoms with Gasteiger partial charge in [-0.1, -0.05) is 41.9 Å². The molecule has 0 amide bonds. The molecule has 1 N–H and O–H groups in total. The van der Waals surface area contributed by atoms with E-state index >= 15 is 0 Å². The first-order chi connectivity index (χ1) is 23.2. The van der Waals surface area contributed by atoms with Crippen LogP contribution in [-0.4, -0.2) is 36.6 Å². The van der Waals surface area contributed by atoms with Gasteiger partial charge in [-0.2, -0.15) is 22.1 Å². The van der Waals surface area contributed by atoms with Gasteiger partial charge in [0.15, 0.2) is 0 Å². The maximum absolute atomic E-state index is 12.8. The van der Waals surface area contributed by atoms with E-state index < -0.39 is 5.97 Å². The Morgan fingerprint density at radius 2 is 1.81 bits per heavy atom. The van der Waals surface area contributed by atoms with Crippen molar-refractivity contribution in [3.8, 4) is 22.9 Å². The molecule has 6 aromatic rings. The molecule has 4 heterocycles. The summed E-state index contributed by atoms with van der Waals surface area (Å²) in [4.78, 5) is 13.9. The number of carboxylic acid groups (broad SMARTS) is 1. The fourth-order valence-corrected chi connectivity index (χ4v) is 9.10. The molecule has 0 unspecified atom stereocenters. The number of benzene rings is 3. The van der Waals surface area contributed by atoms with Crippen LogP contribution in [0.3, 0.4) is 0 Å². The van der Waals surface area contributed by atoms with Crippen LogP contribution in [0.1, 0.15) is 50.8 Å². The monoisotopic (exact) mass is 695 g/mol. The van der Waals surface area contributed by atoms with Gasteiger partial charge in [-0.15, -0.1) is 11.8 Å². The lowest BCUT2D eigenvalue weighted by atomic mass is 9.97. The van der Waals surface area contributed by atoms with Gasteiger partial charge in [-0.25, -0.2) is 4.79 Å². The lowest BCUT2D eigenvalue weighted by Gasteiger charge is -2.13. The number of nitrogens with zero attached hydrogens (tertiary/aromatic N) is 5. The zero-order valence-corrected chi connectivity index (χ0v) is 29.5. The third-order valence-corrected chi connectivity index (χ3v) is 11.6. The number of hydrogen-bond acceptors (Lipinski definition) is 6. The molecule has 0 saturated carbocycles. The zero-order valence-electron chi connectivity index (χ0n) is 27.1. The number of aromatic carboxylic acids is 1. The first-order valence-electron chi connectivity index (χ1n) is 15.7. The number of carboxylic acids is 1. The summed E-state index contributed by atoms with van der Waals surface area (Å²) in [5.41, 5.74) is 7.79. The molecule has 244 valence electrons. The molecular weight excluding hydrogens is 662 g/mol. The lowest BCUT2D eigenvalue weighted by molar-refractivity contribution is 0.0685. The average molecular weight is 696 g/mol. The number of halogens is 1. The molecule has 48 heavy (non-hydrogen) atoms. The molecule has 7 rings (SSSR count). The smallest absolute Gasteiger partial charge is 0.352 e. The highest BCUT2D eigenvalue weighted by molar-refractivity contribution is 7.98. The summed E-state index contributed by atoms with van der Waals surface area (Å²) in [6.07, 6.45) is 1.13. The number of carbonyl (C=O) groups is 1. The molecule has 8 bridgehead atoms. The molecule has 1 aliphatic rings. The quantitative estimate of drug-likeness (QED) is 0.184. The van der Waals surface area contributed by atoms with Crippen LogP contribution < -0.4 is 4.74 Å². The Bertz CT molecular complexity index is 2290. The summed E-state index contributed by atoms with van der Waals surface area (Å²) >= 11 is 10.5. The molecule has 1 aliphatic heterocycles. The first kappa shape index (κ1) is 32.3. The highest BCUT2D eigenvalue weighted by Gasteiger charge is 2.28. The molecule has 0 saturated heterocycles. The molecule has 11 heteroatoms. The van der Waals surface area contributed by atoms with Gasteiger partial charge in [-0.3, -0.25) is 4.68 Å². The molecule has 0 spiro atoms. The van der Waals surface area contributed by atoms with Crippen molar-refractivity contribution < 1.29 is 14.6 Å². The molecule has 0 radical (unpaired) electrons. The van der Waals surface area contributed by atoms with Crippen LogP contribution in [0.5, 0.6) is 5.75 Å². The number of aryl methyl sites for hydroxylation is 3. The molecule has 8 nitrogen and oxygen atoms in total. The predicted octanol–water partition coefficient (Wildman–Crippen LogP) is 8.65. The van der Waals surface area contributed by atoms with Gasteiger partial charge < -0.3 is 19.0 Å². The van der Waals surface area contributed by atoms with Crippen molar-refractivity contribution in [1.82, 2.24) is 18.9 Å². The van der Waals surface area contributed by atoms with Crippen molar-refractivity contribution in [2.24, 2.45) is 21.1 Å². The van der Waals surface area contributed by atoms with Gasteiger partial charge >= 0.3 is 5.97 Å². The molecule has 0 atom stereocenters. The molecule has 3 aromatic carbocycles. The van der Waals surface area contributed by atoms with E-state index in [4.69, 9.17) is 21.4 Å². The molecule has 0 aliphatic carbocycles. The summed E-state index contributed by atoms with van der Waals surface area (Å²) < 4.78 is 12.0. The SMILES string of the molecule is Cc1c2c(c(C#N)n1C)CSCc1cc(n(C)n1)CSc1cc(c3ccccc3c1)OCCCc1c(C(=O)O)n(C)c3c-2c(Cl)ccc13. The van der Waals surface area contributed by atoms with E-state index in [0.29, 0.717) is 41.7 Å². The Kier molecular flexibility index (Phi) is 8.71. The van der Waals surface area contributed by atoms with Gasteiger partial charge in [0, 0.05) is 82.1 Å². The number of hydrogen-bond donors (Lipinski definition) is 1. The first-order valence-corrected chi connectivity index (χ1v) is 18.2. The average Bonchev–Trinajstić information content (AvgIpc) is 3.65. The van der Waals surface area contributed by atoms with E-state index in [1.807, 2.05) is 54.5 Å². The minimum absolute atomic E-state index is 0.232. The maximum Gasteiger partial charge on any atom is 0.352 e. The predicted molar refractivity (Wildman–Crippen MR) is 194 cm³/mol. The third kappa shape index (κ3) is 5.54. The van der Waals surface area contributed by atoms with E-state index in [9.17, 15) is 15.2 Å². The summed E-state index contributed by atoms with van der Waals surface area (Å²) in [6.45, 7) is 2.41. The number of thioether (sulfide) groups is 2. The standard InChI is InChI=1S/C37H34ClN5O3S2/c1-21-33-29(31(17-39)41(21)2)20-47-18-23-15-24(43(4)40-23)19-48-25-14-22-8-5-6-9-26(22)32(16-25)46-13-7-10-27-28-11-12-30(38)34(33)35(28)42(3)36(27)37(44)45/h5-6,8-9,11-12,14-16H,7,10,13,18-20H2,1-4H3,(H,44,45). The maximum atomic E-state index is 12.8. The Morgan fingerprint density at radius 3 is 2.60 bits per heavy atom. The largest absolute Gasteiger partial charge is 0.493 e. The summed E-state index contributed by atoms with van der Waals surface area (Å²) in [6, 6.07) is 20.9. The van der Waals surface area contributed by atoms with Crippen molar-refractivity contribution in [1.29, 1.82) is 5.26 Å². The molecule has 3 aromatic heterocycles. The van der Waals surface area contributed by atoms with Crippen LogP contribution in [0.2, 0.25) is 5.02 Å². The van der Waals surface area contributed by atoms with Crippen molar-refractivity contribution in [2.45, 2.75) is 41.9 Å². The minimum atomic E-state index is -0.995.